The summed E-state index contributed by atoms with van der Waals surface area (Å²) in [7, 11) is 0. The van der Waals surface area contributed by atoms with Crippen LogP contribution in [0.15, 0.2) is 83.2 Å². The van der Waals surface area contributed by atoms with Gasteiger partial charge >= 0.3 is 0 Å². The molecule has 2 aromatic carbocycles. The number of Topliss-reactive ketones (excluding diaryl/α,β-unsaturated/α-hetero) is 1. The molecule has 0 saturated heterocycles. The van der Waals surface area contributed by atoms with E-state index in [1.54, 1.807) is 30.4 Å². The minimum absolute atomic E-state index is 0.115. The van der Waals surface area contributed by atoms with E-state index in [4.69, 9.17) is 5.73 Å². The highest BCUT2D eigenvalue weighted by Gasteiger charge is 2.40. The number of hydrogen-bond donors (Lipinski definition) is 2. The van der Waals surface area contributed by atoms with Gasteiger partial charge in [-0.25, -0.2) is 4.99 Å². The first kappa shape index (κ1) is 19.6. The Hall–Kier alpha value is -3.18. The predicted molar refractivity (Wildman–Crippen MR) is 116 cm³/mol. The van der Waals surface area contributed by atoms with Crippen molar-refractivity contribution in [2.75, 3.05) is 0 Å². The summed E-state index contributed by atoms with van der Waals surface area (Å²) in [5, 5.41) is 11.8. The highest BCUT2D eigenvalue weighted by Crippen LogP contribution is 2.41. The molecule has 0 aliphatic rings. The molecule has 0 radical (unpaired) electrons. The van der Waals surface area contributed by atoms with E-state index in [1.165, 1.54) is 18.3 Å². The molecule has 0 spiro atoms. The van der Waals surface area contributed by atoms with Gasteiger partial charge in [0.15, 0.2) is 11.3 Å². The van der Waals surface area contributed by atoms with E-state index >= 15 is 0 Å². The maximum absolute atomic E-state index is 13.0. The standard InChI is InChI=1S/C23H22N2O2S/c1-3-8-22(24)25-23(16(2)26,19-10-5-4-6-11-19)21-14-18(15-28-21)17-9-7-12-20(27)13-17/h3-15,27H,1-2H3,(H2,24,25)/b8-3+. The van der Waals surface area contributed by atoms with E-state index in [0.717, 1.165) is 21.6 Å². The number of carbonyl (C=O) groups is 1. The van der Waals surface area contributed by atoms with Crippen LogP contribution in [-0.4, -0.2) is 16.7 Å². The van der Waals surface area contributed by atoms with Crippen molar-refractivity contribution in [1.82, 2.24) is 0 Å². The Kier molecular flexibility index (Phi) is 5.76. The van der Waals surface area contributed by atoms with Gasteiger partial charge in [-0.15, -0.1) is 11.3 Å². The molecule has 1 atom stereocenters. The largest absolute Gasteiger partial charge is 0.508 e. The lowest BCUT2D eigenvalue weighted by Crippen LogP contribution is -2.35. The van der Waals surface area contributed by atoms with E-state index in [1.807, 2.05) is 54.8 Å². The number of ketones is 1. The molecule has 0 bridgehead atoms. The van der Waals surface area contributed by atoms with Gasteiger partial charge in [-0.2, -0.15) is 0 Å². The molecule has 28 heavy (non-hydrogen) atoms. The van der Waals surface area contributed by atoms with Crippen molar-refractivity contribution in [3.63, 3.8) is 0 Å². The number of allylic oxidation sites excluding steroid dienone is 1. The first-order chi connectivity index (χ1) is 13.5. The topological polar surface area (TPSA) is 75.7 Å². The van der Waals surface area contributed by atoms with Gasteiger partial charge in [-0.05, 0) is 60.2 Å². The number of nitrogens with two attached hydrogens (primary N) is 1. The summed E-state index contributed by atoms with van der Waals surface area (Å²) >= 11 is 1.45. The van der Waals surface area contributed by atoms with E-state index < -0.39 is 5.54 Å². The fraction of sp³-hybridized carbons (Fsp3) is 0.130. The molecule has 0 fully saturated rings. The van der Waals surface area contributed by atoms with E-state index in [0.29, 0.717) is 0 Å². The Morgan fingerprint density at radius 2 is 1.86 bits per heavy atom. The number of nitrogens with zero attached hydrogens (tertiary/aromatic N) is 1. The highest BCUT2D eigenvalue weighted by molar-refractivity contribution is 7.10. The van der Waals surface area contributed by atoms with Crippen LogP contribution in [0.25, 0.3) is 11.1 Å². The Labute approximate surface area is 168 Å². The minimum Gasteiger partial charge on any atom is -0.508 e. The summed E-state index contributed by atoms with van der Waals surface area (Å²) in [5.41, 5.74) is 7.44. The lowest BCUT2D eigenvalue weighted by atomic mass is 9.84. The third-order valence-electron chi connectivity index (χ3n) is 4.47. The third-order valence-corrected chi connectivity index (χ3v) is 5.51. The van der Waals surface area contributed by atoms with Gasteiger partial charge in [0.05, 0.1) is 0 Å². The molecule has 5 heteroatoms. The van der Waals surface area contributed by atoms with Crippen LogP contribution in [0.4, 0.5) is 0 Å². The fourth-order valence-corrected chi connectivity index (χ4v) is 4.29. The summed E-state index contributed by atoms with van der Waals surface area (Å²) in [4.78, 5) is 18.4. The lowest BCUT2D eigenvalue weighted by Gasteiger charge is -2.27. The first-order valence-electron chi connectivity index (χ1n) is 8.90. The SMILES string of the molecule is C/C=C/C(N)=NC(C(C)=O)(c1ccccc1)c1cc(-c2cccc(O)c2)cs1. The molecule has 0 amide bonds. The van der Waals surface area contributed by atoms with Crippen LogP contribution >= 0.6 is 11.3 Å². The third kappa shape index (κ3) is 3.75. The summed E-state index contributed by atoms with van der Waals surface area (Å²) in [6, 6.07) is 18.4. The van der Waals surface area contributed by atoms with Gasteiger partial charge in [-0.1, -0.05) is 48.5 Å². The van der Waals surface area contributed by atoms with Crippen molar-refractivity contribution in [3.05, 3.63) is 88.6 Å². The summed E-state index contributed by atoms with van der Waals surface area (Å²) in [5.74, 6) is 0.366. The lowest BCUT2D eigenvalue weighted by molar-refractivity contribution is -0.120. The smallest absolute Gasteiger partial charge is 0.180 e. The first-order valence-corrected chi connectivity index (χ1v) is 9.78. The Morgan fingerprint density at radius 1 is 1.11 bits per heavy atom. The van der Waals surface area contributed by atoms with Crippen LogP contribution in [0, 0.1) is 0 Å². The number of hydrogen-bond acceptors (Lipinski definition) is 4. The quantitative estimate of drug-likeness (QED) is 0.465. The second kappa shape index (κ2) is 8.23. The van der Waals surface area contributed by atoms with Crippen molar-refractivity contribution in [2.45, 2.75) is 19.4 Å². The number of rotatable bonds is 6. The van der Waals surface area contributed by atoms with E-state index in [2.05, 4.69) is 4.99 Å². The van der Waals surface area contributed by atoms with Crippen molar-refractivity contribution in [2.24, 2.45) is 10.7 Å². The fourth-order valence-electron chi connectivity index (χ4n) is 3.16. The Balaban J connectivity index is 2.23. The monoisotopic (exact) mass is 390 g/mol. The molecular formula is C23H22N2O2S. The summed E-state index contributed by atoms with van der Waals surface area (Å²) in [6.45, 7) is 3.39. The molecule has 0 aliphatic heterocycles. The molecule has 3 N–H and O–H groups in total. The number of carbonyl (C=O) groups excluding carboxylic acids is 1. The van der Waals surface area contributed by atoms with Crippen LogP contribution in [0.3, 0.4) is 0 Å². The molecule has 0 saturated carbocycles. The van der Waals surface area contributed by atoms with Crippen LogP contribution in [0.2, 0.25) is 0 Å². The number of amidine groups is 1. The number of aromatic hydroxyl groups is 1. The molecule has 3 aromatic rings. The molecular weight excluding hydrogens is 368 g/mol. The van der Waals surface area contributed by atoms with Gasteiger partial charge in [0, 0.05) is 4.88 Å². The van der Waals surface area contributed by atoms with Crippen molar-refractivity contribution >= 4 is 23.0 Å². The average Bonchev–Trinajstić information content (AvgIpc) is 3.17. The highest BCUT2D eigenvalue weighted by atomic mass is 32.1. The summed E-state index contributed by atoms with van der Waals surface area (Å²) in [6.07, 6.45) is 3.48. The molecule has 4 nitrogen and oxygen atoms in total. The zero-order valence-corrected chi connectivity index (χ0v) is 16.6. The zero-order valence-electron chi connectivity index (χ0n) is 15.8. The second-order valence-corrected chi connectivity index (χ2v) is 7.33. The van der Waals surface area contributed by atoms with E-state index in [-0.39, 0.29) is 17.4 Å². The van der Waals surface area contributed by atoms with Gasteiger partial charge in [0.25, 0.3) is 0 Å². The molecule has 0 aliphatic carbocycles. The number of thiophene rings is 1. The van der Waals surface area contributed by atoms with Crippen molar-refractivity contribution in [1.29, 1.82) is 0 Å². The number of phenols is 1. The molecule has 142 valence electrons. The normalized spacial score (nSPS) is 14.1. The number of aliphatic imine (C=N–C) groups is 1. The van der Waals surface area contributed by atoms with Gasteiger partial charge in [0.1, 0.15) is 11.6 Å². The maximum atomic E-state index is 13.0. The predicted octanol–water partition coefficient (Wildman–Crippen LogP) is 4.89. The second-order valence-electron chi connectivity index (χ2n) is 6.42. The van der Waals surface area contributed by atoms with Crippen LogP contribution in [0.1, 0.15) is 24.3 Å². The summed E-state index contributed by atoms with van der Waals surface area (Å²) < 4.78 is 0. The zero-order chi connectivity index (χ0) is 20.1. The average molecular weight is 391 g/mol. The van der Waals surface area contributed by atoms with Crippen molar-refractivity contribution in [3.8, 4) is 16.9 Å². The van der Waals surface area contributed by atoms with Gasteiger partial charge in [-0.3, -0.25) is 4.79 Å². The molecule has 1 unspecified atom stereocenters. The van der Waals surface area contributed by atoms with E-state index in [9.17, 15) is 9.90 Å². The molecule has 3 rings (SSSR count). The molecule has 1 aromatic heterocycles. The Morgan fingerprint density at radius 3 is 2.50 bits per heavy atom. The van der Waals surface area contributed by atoms with Crippen LogP contribution in [-0.2, 0) is 10.3 Å². The minimum atomic E-state index is -1.22. The van der Waals surface area contributed by atoms with Gasteiger partial charge < -0.3 is 10.8 Å². The molecule has 1 heterocycles. The Bertz CT molecular complexity index is 1040. The number of phenolic OH excluding ortho intramolecular Hbond substituents is 1. The van der Waals surface area contributed by atoms with Crippen LogP contribution < -0.4 is 5.73 Å². The van der Waals surface area contributed by atoms with Crippen LogP contribution in [0.5, 0.6) is 5.75 Å². The maximum Gasteiger partial charge on any atom is 0.180 e. The van der Waals surface area contributed by atoms with Gasteiger partial charge in [0.2, 0.25) is 0 Å². The van der Waals surface area contributed by atoms with Crippen molar-refractivity contribution < 1.29 is 9.90 Å². The number of benzene rings is 2.